The number of hydrogen-bond donors (Lipinski definition) is 2. The van der Waals surface area contributed by atoms with Crippen molar-refractivity contribution in [3.63, 3.8) is 0 Å². The molecule has 1 amide bonds. The van der Waals surface area contributed by atoms with Gasteiger partial charge in [-0.1, -0.05) is 0 Å². The highest BCUT2D eigenvalue weighted by Gasteiger charge is 2.16. The van der Waals surface area contributed by atoms with Crippen molar-refractivity contribution < 1.29 is 14.3 Å². The summed E-state index contributed by atoms with van der Waals surface area (Å²) in [5.74, 6) is 2.07. The highest BCUT2D eigenvalue weighted by atomic mass is 16.5. The van der Waals surface area contributed by atoms with Crippen LogP contribution in [0.25, 0.3) is 0 Å². The molecule has 5 nitrogen and oxygen atoms in total. The van der Waals surface area contributed by atoms with Crippen LogP contribution in [0.5, 0.6) is 11.5 Å². The predicted molar refractivity (Wildman–Crippen MR) is 87.6 cm³/mol. The van der Waals surface area contributed by atoms with Crippen LogP contribution >= 0.6 is 0 Å². The zero-order valence-electron chi connectivity index (χ0n) is 13.5. The molecule has 1 aliphatic heterocycles. The zero-order valence-corrected chi connectivity index (χ0v) is 13.5. The van der Waals surface area contributed by atoms with Gasteiger partial charge < -0.3 is 20.1 Å². The van der Waals surface area contributed by atoms with Gasteiger partial charge in [0.1, 0.15) is 11.5 Å². The maximum Gasteiger partial charge on any atom is 0.224 e. The first-order chi connectivity index (χ1) is 10.7. The molecular formula is C17H26N2O3. The number of benzene rings is 1. The Morgan fingerprint density at radius 1 is 1.32 bits per heavy atom. The number of hydrogen-bond acceptors (Lipinski definition) is 4. The van der Waals surface area contributed by atoms with Crippen LogP contribution in [0.2, 0.25) is 0 Å². The van der Waals surface area contributed by atoms with Crippen LogP contribution < -0.4 is 20.1 Å². The quantitative estimate of drug-likeness (QED) is 0.775. The second kappa shape index (κ2) is 8.63. The Bertz CT molecular complexity index is 485. The third-order valence-corrected chi connectivity index (χ3v) is 3.78. The van der Waals surface area contributed by atoms with Gasteiger partial charge in [0, 0.05) is 12.5 Å². The van der Waals surface area contributed by atoms with Crippen molar-refractivity contribution in [3.8, 4) is 11.5 Å². The summed E-state index contributed by atoms with van der Waals surface area (Å²) in [4.78, 5) is 12.2. The first kappa shape index (κ1) is 16.6. The normalized spacial score (nSPS) is 17.3. The standard InChI is InChI=1S/C17H26N2O3/c1-3-21-14-6-7-16(22-4-2)15(11-14)19-17(20)8-5-13-9-10-18-12-13/h6-7,11,13,18H,3-5,8-10,12H2,1-2H3,(H,19,20). The van der Waals surface area contributed by atoms with Crippen molar-refractivity contribution in [1.82, 2.24) is 5.32 Å². The van der Waals surface area contributed by atoms with E-state index in [1.54, 1.807) is 0 Å². The van der Waals surface area contributed by atoms with Gasteiger partial charge in [0.2, 0.25) is 5.91 Å². The molecule has 0 spiro atoms. The fourth-order valence-corrected chi connectivity index (χ4v) is 2.65. The Morgan fingerprint density at radius 2 is 2.14 bits per heavy atom. The van der Waals surface area contributed by atoms with Crippen molar-refractivity contribution in [3.05, 3.63) is 18.2 Å². The summed E-state index contributed by atoms with van der Waals surface area (Å²) < 4.78 is 11.1. The fourth-order valence-electron chi connectivity index (χ4n) is 2.65. The molecule has 0 bridgehead atoms. The second-order valence-corrected chi connectivity index (χ2v) is 5.47. The smallest absolute Gasteiger partial charge is 0.224 e. The summed E-state index contributed by atoms with van der Waals surface area (Å²) in [6.45, 7) is 7.11. The molecule has 122 valence electrons. The highest BCUT2D eigenvalue weighted by molar-refractivity contribution is 5.92. The van der Waals surface area contributed by atoms with Gasteiger partial charge in [-0.3, -0.25) is 4.79 Å². The average molecular weight is 306 g/mol. The SMILES string of the molecule is CCOc1ccc(OCC)c(NC(=O)CCC2CCNC2)c1. The third-order valence-electron chi connectivity index (χ3n) is 3.78. The molecule has 2 rings (SSSR count). The van der Waals surface area contributed by atoms with Gasteiger partial charge in [-0.25, -0.2) is 0 Å². The number of ether oxygens (including phenoxy) is 2. The summed E-state index contributed by atoms with van der Waals surface area (Å²) in [5, 5.41) is 6.28. The van der Waals surface area contributed by atoms with Gasteiger partial charge in [-0.15, -0.1) is 0 Å². The lowest BCUT2D eigenvalue weighted by Crippen LogP contribution is -2.15. The van der Waals surface area contributed by atoms with E-state index in [1.165, 1.54) is 0 Å². The Balaban J connectivity index is 1.95. The van der Waals surface area contributed by atoms with E-state index in [0.717, 1.165) is 31.7 Å². The number of amides is 1. The molecule has 0 aromatic heterocycles. The van der Waals surface area contributed by atoms with Gasteiger partial charge in [-0.2, -0.15) is 0 Å². The minimum Gasteiger partial charge on any atom is -0.494 e. The molecule has 0 radical (unpaired) electrons. The molecule has 0 saturated carbocycles. The molecular weight excluding hydrogens is 280 g/mol. The lowest BCUT2D eigenvalue weighted by molar-refractivity contribution is -0.116. The van der Waals surface area contributed by atoms with Crippen molar-refractivity contribution >= 4 is 11.6 Å². The van der Waals surface area contributed by atoms with E-state index in [4.69, 9.17) is 9.47 Å². The molecule has 1 aromatic carbocycles. The Hall–Kier alpha value is -1.75. The van der Waals surface area contributed by atoms with Gasteiger partial charge in [0.15, 0.2) is 0 Å². The number of carbonyl (C=O) groups excluding carboxylic acids is 1. The minimum atomic E-state index is 0.0292. The lowest BCUT2D eigenvalue weighted by Gasteiger charge is -2.14. The fraction of sp³-hybridized carbons (Fsp3) is 0.588. The van der Waals surface area contributed by atoms with Crippen LogP contribution in [0.1, 0.15) is 33.1 Å². The van der Waals surface area contributed by atoms with Crippen molar-refractivity contribution in [2.24, 2.45) is 5.92 Å². The first-order valence-corrected chi connectivity index (χ1v) is 8.13. The minimum absolute atomic E-state index is 0.0292. The molecule has 2 N–H and O–H groups in total. The van der Waals surface area contributed by atoms with Gasteiger partial charge >= 0.3 is 0 Å². The maximum atomic E-state index is 12.2. The largest absolute Gasteiger partial charge is 0.494 e. The number of rotatable bonds is 8. The van der Waals surface area contributed by atoms with E-state index < -0.39 is 0 Å². The molecule has 1 saturated heterocycles. The zero-order chi connectivity index (χ0) is 15.8. The highest BCUT2D eigenvalue weighted by Crippen LogP contribution is 2.29. The average Bonchev–Trinajstić information content (AvgIpc) is 3.02. The van der Waals surface area contributed by atoms with Crippen LogP contribution in [0.4, 0.5) is 5.69 Å². The van der Waals surface area contributed by atoms with Crippen LogP contribution in [0, 0.1) is 5.92 Å². The molecule has 1 heterocycles. The molecule has 1 atom stereocenters. The van der Waals surface area contributed by atoms with E-state index in [-0.39, 0.29) is 5.91 Å². The Kier molecular flexibility index (Phi) is 6.52. The van der Waals surface area contributed by atoms with Gasteiger partial charge in [0.05, 0.1) is 18.9 Å². The van der Waals surface area contributed by atoms with Gasteiger partial charge in [-0.05, 0) is 57.8 Å². The molecule has 1 aliphatic rings. The van der Waals surface area contributed by atoms with Crippen LogP contribution in [-0.2, 0) is 4.79 Å². The van der Waals surface area contributed by atoms with E-state index in [9.17, 15) is 4.79 Å². The second-order valence-electron chi connectivity index (χ2n) is 5.47. The van der Waals surface area contributed by atoms with E-state index in [1.807, 2.05) is 32.0 Å². The van der Waals surface area contributed by atoms with Crippen molar-refractivity contribution in [2.75, 3.05) is 31.6 Å². The van der Waals surface area contributed by atoms with E-state index >= 15 is 0 Å². The molecule has 22 heavy (non-hydrogen) atoms. The molecule has 5 heteroatoms. The van der Waals surface area contributed by atoms with Crippen LogP contribution in [0.15, 0.2) is 18.2 Å². The third kappa shape index (κ3) is 4.91. The monoisotopic (exact) mass is 306 g/mol. The van der Waals surface area contributed by atoms with Crippen molar-refractivity contribution in [1.29, 1.82) is 0 Å². The van der Waals surface area contributed by atoms with Crippen LogP contribution in [0.3, 0.4) is 0 Å². The topological polar surface area (TPSA) is 59.6 Å². The van der Waals surface area contributed by atoms with Gasteiger partial charge in [0.25, 0.3) is 0 Å². The molecule has 0 aliphatic carbocycles. The summed E-state index contributed by atoms with van der Waals surface area (Å²) in [6.07, 6.45) is 2.63. The molecule has 1 unspecified atom stereocenters. The Morgan fingerprint density at radius 3 is 2.82 bits per heavy atom. The lowest BCUT2D eigenvalue weighted by atomic mass is 10.0. The molecule has 1 aromatic rings. The molecule has 1 fully saturated rings. The van der Waals surface area contributed by atoms with Crippen molar-refractivity contribution in [2.45, 2.75) is 33.1 Å². The predicted octanol–water partition coefficient (Wildman–Crippen LogP) is 2.81. The number of nitrogens with one attached hydrogen (secondary N) is 2. The number of carbonyl (C=O) groups is 1. The Labute approximate surface area is 132 Å². The summed E-state index contributed by atoms with van der Waals surface area (Å²) in [7, 11) is 0. The van der Waals surface area contributed by atoms with Crippen LogP contribution in [-0.4, -0.2) is 32.2 Å². The summed E-state index contributed by atoms with van der Waals surface area (Å²) >= 11 is 0. The number of anilines is 1. The summed E-state index contributed by atoms with van der Waals surface area (Å²) in [6, 6.07) is 5.52. The van der Waals surface area contributed by atoms with E-state index in [2.05, 4.69) is 10.6 Å². The van der Waals surface area contributed by atoms with E-state index in [0.29, 0.717) is 37.0 Å². The maximum absolute atomic E-state index is 12.2. The summed E-state index contributed by atoms with van der Waals surface area (Å²) in [5.41, 5.74) is 0.683. The first-order valence-electron chi connectivity index (χ1n) is 8.13.